The van der Waals surface area contributed by atoms with Gasteiger partial charge in [-0.2, -0.15) is 0 Å². The fourth-order valence-corrected chi connectivity index (χ4v) is 2.92. The van der Waals surface area contributed by atoms with Gasteiger partial charge in [-0.3, -0.25) is 9.59 Å². The van der Waals surface area contributed by atoms with Crippen LogP contribution in [0.5, 0.6) is 0 Å². The lowest BCUT2D eigenvalue weighted by molar-refractivity contribution is -0.146. The Hall–Kier alpha value is -1.91. The van der Waals surface area contributed by atoms with Crippen molar-refractivity contribution in [2.24, 2.45) is 11.3 Å². The van der Waals surface area contributed by atoms with E-state index in [9.17, 15) is 14.0 Å². The summed E-state index contributed by atoms with van der Waals surface area (Å²) in [5, 5.41) is 11.7. The monoisotopic (exact) mass is 291 g/mol. The fraction of sp³-hybridized carbons (Fsp3) is 0.500. The molecule has 2 aliphatic carbocycles. The number of carboxylic acids is 1. The Morgan fingerprint density at radius 3 is 2.52 bits per heavy atom. The molecule has 112 valence electrons. The van der Waals surface area contributed by atoms with E-state index in [1.807, 2.05) is 0 Å². The zero-order valence-corrected chi connectivity index (χ0v) is 11.6. The molecule has 0 spiro atoms. The van der Waals surface area contributed by atoms with E-state index in [2.05, 4.69) is 5.32 Å². The minimum absolute atomic E-state index is 0.0447. The molecule has 1 aromatic rings. The number of hydrogen-bond donors (Lipinski definition) is 2. The summed E-state index contributed by atoms with van der Waals surface area (Å²) >= 11 is 0. The minimum Gasteiger partial charge on any atom is -0.481 e. The van der Waals surface area contributed by atoms with Gasteiger partial charge in [-0.25, -0.2) is 4.39 Å². The zero-order chi connectivity index (χ0) is 15.0. The number of rotatable bonds is 5. The highest BCUT2D eigenvalue weighted by Crippen LogP contribution is 2.49. The van der Waals surface area contributed by atoms with Gasteiger partial charge in [-0.15, -0.1) is 0 Å². The largest absolute Gasteiger partial charge is 0.481 e. The lowest BCUT2D eigenvalue weighted by Crippen LogP contribution is -2.49. The van der Waals surface area contributed by atoms with Crippen LogP contribution >= 0.6 is 0 Å². The molecule has 2 N–H and O–H groups in total. The number of hydrogen-bond acceptors (Lipinski definition) is 2. The Kier molecular flexibility index (Phi) is 3.43. The topological polar surface area (TPSA) is 66.4 Å². The SMILES string of the molecule is O=C(O)C1CC(NC(=O)C2(Cc3ccccc3F)CC2)C1. The number of carboxylic acid groups (broad SMARTS) is 1. The summed E-state index contributed by atoms with van der Waals surface area (Å²) < 4.78 is 13.7. The van der Waals surface area contributed by atoms with Gasteiger partial charge in [-0.1, -0.05) is 18.2 Å². The highest BCUT2D eigenvalue weighted by molar-refractivity contribution is 5.86. The van der Waals surface area contributed by atoms with Crippen molar-refractivity contribution in [1.29, 1.82) is 0 Å². The molecule has 5 heteroatoms. The third-order valence-electron chi connectivity index (χ3n) is 4.64. The second kappa shape index (κ2) is 5.13. The molecule has 2 saturated carbocycles. The summed E-state index contributed by atoms with van der Waals surface area (Å²) in [5.74, 6) is -1.46. The van der Waals surface area contributed by atoms with Crippen molar-refractivity contribution in [3.05, 3.63) is 35.6 Å². The number of aliphatic carboxylic acids is 1. The van der Waals surface area contributed by atoms with Gasteiger partial charge in [0.15, 0.2) is 0 Å². The second-order valence-electron chi connectivity index (χ2n) is 6.23. The molecule has 1 amide bonds. The minimum atomic E-state index is -0.798. The van der Waals surface area contributed by atoms with E-state index in [1.54, 1.807) is 18.2 Å². The van der Waals surface area contributed by atoms with Crippen LogP contribution in [0.1, 0.15) is 31.2 Å². The Bertz CT molecular complexity index is 577. The molecule has 0 unspecified atom stereocenters. The van der Waals surface area contributed by atoms with Crippen molar-refractivity contribution in [3.8, 4) is 0 Å². The highest BCUT2D eigenvalue weighted by atomic mass is 19.1. The molecule has 2 aliphatic rings. The maximum atomic E-state index is 13.7. The van der Waals surface area contributed by atoms with E-state index in [-0.39, 0.29) is 23.7 Å². The molecule has 1 aromatic carbocycles. The summed E-state index contributed by atoms with van der Waals surface area (Å²) in [4.78, 5) is 23.1. The molecule has 0 aliphatic heterocycles. The first kappa shape index (κ1) is 14.0. The Balaban J connectivity index is 1.58. The Morgan fingerprint density at radius 2 is 1.95 bits per heavy atom. The molecule has 21 heavy (non-hydrogen) atoms. The van der Waals surface area contributed by atoms with Gasteiger partial charge in [0.05, 0.1) is 11.3 Å². The molecule has 0 atom stereocenters. The number of benzene rings is 1. The van der Waals surface area contributed by atoms with Gasteiger partial charge in [0.2, 0.25) is 5.91 Å². The summed E-state index contributed by atoms with van der Waals surface area (Å²) in [6.07, 6.45) is 2.94. The molecule has 4 nitrogen and oxygen atoms in total. The average Bonchev–Trinajstić information content (AvgIpc) is 3.16. The van der Waals surface area contributed by atoms with Crippen LogP contribution in [-0.2, 0) is 16.0 Å². The summed E-state index contributed by atoms with van der Waals surface area (Å²) in [5.41, 5.74) is 0.0819. The molecule has 0 bridgehead atoms. The lowest BCUT2D eigenvalue weighted by Gasteiger charge is -2.34. The number of amides is 1. The van der Waals surface area contributed by atoms with Crippen LogP contribution in [0.15, 0.2) is 24.3 Å². The number of carbonyl (C=O) groups is 2. The van der Waals surface area contributed by atoms with Gasteiger partial charge < -0.3 is 10.4 Å². The molecule has 0 aromatic heterocycles. The first-order chi connectivity index (χ1) is 10.00. The second-order valence-corrected chi connectivity index (χ2v) is 6.23. The van der Waals surface area contributed by atoms with Crippen LogP contribution in [0.4, 0.5) is 4.39 Å². The van der Waals surface area contributed by atoms with Crippen LogP contribution in [0.2, 0.25) is 0 Å². The Morgan fingerprint density at radius 1 is 1.29 bits per heavy atom. The van der Waals surface area contributed by atoms with Gasteiger partial charge in [0, 0.05) is 6.04 Å². The Labute approximate surface area is 122 Å². The highest BCUT2D eigenvalue weighted by Gasteiger charge is 2.51. The third kappa shape index (κ3) is 2.77. The predicted molar refractivity (Wildman–Crippen MR) is 74.1 cm³/mol. The molecular weight excluding hydrogens is 273 g/mol. The van der Waals surface area contributed by atoms with Crippen molar-refractivity contribution < 1.29 is 19.1 Å². The van der Waals surface area contributed by atoms with E-state index >= 15 is 0 Å². The van der Waals surface area contributed by atoms with Crippen LogP contribution in [0.25, 0.3) is 0 Å². The van der Waals surface area contributed by atoms with Crippen molar-refractivity contribution in [1.82, 2.24) is 5.32 Å². The van der Waals surface area contributed by atoms with E-state index in [0.717, 1.165) is 12.8 Å². The number of nitrogens with one attached hydrogen (secondary N) is 1. The molecule has 0 heterocycles. The standard InChI is InChI=1S/C16H18FNO3/c17-13-4-2-1-3-10(13)9-16(5-6-16)15(21)18-12-7-11(8-12)14(19)20/h1-4,11-12H,5-9H2,(H,18,21)(H,19,20). The predicted octanol–water partition coefficient (Wildman–Crippen LogP) is 2.13. The maximum Gasteiger partial charge on any atom is 0.306 e. The normalized spacial score (nSPS) is 25.8. The lowest BCUT2D eigenvalue weighted by atomic mass is 9.80. The number of carbonyl (C=O) groups excluding carboxylic acids is 1. The molecule has 0 radical (unpaired) electrons. The van der Waals surface area contributed by atoms with Crippen molar-refractivity contribution >= 4 is 11.9 Å². The van der Waals surface area contributed by atoms with E-state index < -0.39 is 11.4 Å². The first-order valence-corrected chi connectivity index (χ1v) is 7.27. The van der Waals surface area contributed by atoms with E-state index in [1.165, 1.54) is 6.07 Å². The third-order valence-corrected chi connectivity index (χ3v) is 4.64. The van der Waals surface area contributed by atoms with Gasteiger partial charge >= 0.3 is 5.97 Å². The first-order valence-electron chi connectivity index (χ1n) is 7.27. The van der Waals surface area contributed by atoms with Gasteiger partial charge in [0.25, 0.3) is 0 Å². The van der Waals surface area contributed by atoms with Gasteiger partial charge in [-0.05, 0) is 43.7 Å². The summed E-state index contributed by atoms with van der Waals surface area (Å²) in [6, 6.07) is 6.49. The molecule has 2 fully saturated rings. The summed E-state index contributed by atoms with van der Waals surface area (Å²) in [7, 11) is 0. The van der Waals surface area contributed by atoms with Crippen molar-refractivity contribution in [3.63, 3.8) is 0 Å². The number of halogens is 1. The smallest absolute Gasteiger partial charge is 0.306 e. The van der Waals surface area contributed by atoms with E-state index in [4.69, 9.17) is 5.11 Å². The summed E-state index contributed by atoms with van der Waals surface area (Å²) in [6.45, 7) is 0. The average molecular weight is 291 g/mol. The maximum absolute atomic E-state index is 13.7. The van der Waals surface area contributed by atoms with Crippen LogP contribution in [0.3, 0.4) is 0 Å². The van der Waals surface area contributed by atoms with Gasteiger partial charge in [0.1, 0.15) is 5.82 Å². The van der Waals surface area contributed by atoms with Crippen molar-refractivity contribution in [2.75, 3.05) is 0 Å². The molecular formula is C16H18FNO3. The zero-order valence-electron chi connectivity index (χ0n) is 11.6. The molecule has 3 rings (SSSR count). The van der Waals surface area contributed by atoms with Crippen molar-refractivity contribution in [2.45, 2.75) is 38.1 Å². The van der Waals surface area contributed by atoms with E-state index in [0.29, 0.717) is 24.8 Å². The fourth-order valence-electron chi connectivity index (χ4n) is 2.92. The van der Waals surface area contributed by atoms with Crippen LogP contribution in [0, 0.1) is 17.2 Å². The quantitative estimate of drug-likeness (QED) is 0.873. The molecule has 0 saturated heterocycles. The van der Waals surface area contributed by atoms with Crippen LogP contribution in [-0.4, -0.2) is 23.0 Å². The van der Waals surface area contributed by atoms with Crippen LogP contribution < -0.4 is 5.32 Å².